The Morgan fingerprint density at radius 1 is 0.400 bits per heavy atom. The zero-order chi connectivity index (χ0) is 58.4. The maximum Gasteiger partial charge on any atom is 0.472 e. The number of hydrogen-bond acceptors (Lipinski definition) is 7. The van der Waals surface area contributed by atoms with Crippen LogP contribution in [0.1, 0.15) is 219 Å². The van der Waals surface area contributed by atoms with Crippen molar-refractivity contribution >= 4 is 19.8 Å². The van der Waals surface area contributed by atoms with Gasteiger partial charge in [-0.05, 0) is 128 Å². The number of nitrogens with zero attached hydrogens (tertiary/aromatic N) is 1. The largest absolute Gasteiger partial charge is 0.472 e. The zero-order valence-corrected chi connectivity index (χ0v) is 52.1. The summed E-state index contributed by atoms with van der Waals surface area (Å²) in [5, 5.41) is 0. The van der Waals surface area contributed by atoms with Gasteiger partial charge < -0.3 is 18.9 Å². The molecule has 1 N–H and O–H groups in total. The average Bonchev–Trinajstić information content (AvgIpc) is 3.42. The zero-order valence-electron chi connectivity index (χ0n) is 51.2. The molecule has 0 bridgehead atoms. The molecule has 0 saturated heterocycles. The lowest BCUT2D eigenvalue weighted by Crippen LogP contribution is -2.37. The Balaban J connectivity index is 4.25. The van der Waals surface area contributed by atoms with Crippen molar-refractivity contribution in [2.24, 2.45) is 0 Å². The summed E-state index contributed by atoms with van der Waals surface area (Å²) in [6.45, 7) is 4.23. The van der Waals surface area contributed by atoms with Crippen LogP contribution >= 0.6 is 7.82 Å². The molecule has 0 saturated carbocycles. The fourth-order valence-corrected chi connectivity index (χ4v) is 8.50. The summed E-state index contributed by atoms with van der Waals surface area (Å²) >= 11 is 0. The Morgan fingerprint density at radius 3 is 1.07 bits per heavy atom. The lowest BCUT2D eigenvalue weighted by molar-refractivity contribution is -0.870. The quantitative estimate of drug-likeness (QED) is 0.0211. The van der Waals surface area contributed by atoms with E-state index >= 15 is 0 Å². The summed E-state index contributed by atoms with van der Waals surface area (Å²) in [6.07, 6.45) is 88.9. The van der Waals surface area contributed by atoms with Gasteiger partial charge in [0.25, 0.3) is 0 Å². The molecule has 0 aliphatic rings. The molecule has 9 nitrogen and oxygen atoms in total. The van der Waals surface area contributed by atoms with Crippen LogP contribution in [-0.4, -0.2) is 74.9 Å². The fraction of sp³-hybridized carbons (Fsp3) is 0.600. The molecule has 452 valence electrons. The van der Waals surface area contributed by atoms with E-state index in [1.807, 2.05) is 21.1 Å². The van der Waals surface area contributed by atoms with Crippen molar-refractivity contribution in [1.82, 2.24) is 0 Å². The smallest absolute Gasteiger partial charge is 0.462 e. The average molecular weight is 1130 g/mol. The topological polar surface area (TPSA) is 108 Å². The van der Waals surface area contributed by atoms with Crippen LogP contribution in [0, 0.1) is 0 Å². The highest BCUT2D eigenvalue weighted by Gasteiger charge is 2.27. The van der Waals surface area contributed by atoms with Gasteiger partial charge in [-0.2, -0.15) is 0 Å². The molecule has 2 atom stereocenters. The molecular weight excluding hydrogens is 1010 g/mol. The molecule has 0 rings (SSSR count). The summed E-state index contributed by atoms with van der Waals surface area (Å²) in [6, 6.07) is 0. The number of carbonyl (C=O) groups is 2. The van der Waals surface area contributed by atoms with Gasteiger partial charge in [-0.25, -0.2) is 4.57 Å². The van der Waals surface area contributed by atoms with Crippen LogP contribution < -0.4 is 0 Å². The number of esters is 2. The molecule has 2 unspecified atom stereocenters. The highest BCUT2D eigenvalue weighted by molar-refractivity contribution is 7.47. The molecule has 80 heavy (non-hydrogen) atoms. The molecule has 0 radical (unpaired) electrons. The number of likely N-dealkylation sites (N-methyl/N-ethyl adjacent to an activating group) is 1. The monoisotopic (exact) mass is 1130 g/mol. The SMILES string of the molecule is CC/C=C\C/C=C\C/C=C\C/C=C\C/C=C\C/C=C\C/C=C\C/C=C\C/C=C\C/C=C\C/C=C\CCCCCC(=O)OC(COC(=O)CCCCCCCCCCC/C=C\C/C=C\CCCCC)COP(=O)(O)OCC[N+](C)(C)C. The minimum atomic E-state index is -4.41. The Hall–Kier alpha value is -4.37. The molecule has 0 fully saturated rings. The molecular formula is C70H115NO8P+. The minimum Gasteiger partial charge on any atom is -0.462 e. The van der Waals surface area contributed by atoms with E-state index in [1.165, 1.54) is 57.8 Å². The Labute approximate surface area is 490 Å². The molecule has 0 amide bonds. The van der Waals surface area contributed by atoms with E-state index in [-0.39, 0.29) is 32.0 Å². The number of ether oxygens (including phenoxy) is 2. The first-order valence-corrected chi connectivity index (χ1v) is 32.7. The van der Waals surface area contributed by atoms with Gasteiger partial charge in [0.2, 0.25) is 0 Å². The van der Waals surface area contributed by atoms with E-state index in [9.17, 15) is 19.0 Å². The van der Waals surface area contributed by atoms with Crippen molar-refractivity contribution in [1.29, 1.82) is 0 Å². The third-order valence-corrected chi connectivity index (χ3v) is 13.5. The van der Waals surface area contributed by atoms with E-state index in [0.717, 1.165) is 128 Å². The Morgan fingerprint density at radius 2 is 0.713 bits per heavy atom. The molecule has 10 heteroatoms. The predicted molar refractivity (Wildman–Crippen MR) is 343 cm³/mol. The van der Waals surface area contributed by atoms with Crippen molar-refractivity contribution in [3.8, 4) is 0 Å². The predicted octanol–water partition coefficient (Wildman–Crippen LogP) is 20.0. The molecule has 0 heterocycles. The molecule has 0 aromatic rings. The number of allylic oxidation sites excluding steroid dienone is 26. The van der Waals surface area contributed by atoms with Gasteiger partial charge in [-0.1, -0.05) is 236 Å². The first-order valence-electron chi connectivity index (χ1n) is 31.2. The minimum absolute atomic E-state index is 0.0155. The maximum atomic E-state index is 12.8. The van der Waals surface area contributed by atoms with E-state index < -0.39 is 26.5 Å². The van der Waals surface area contributed by atoms with Gasteiger partial charge in [-0.15, -0.1) is 0 Å². The summed E-state index contributed by atoms with van der Waals surface area (Å²) < 4.78 is 34.5. The van der Waals surface area contributed by atoms with Gasteiger partial charge in [-0.3, -0.25) is 18.6 Å². The van der Waals surface area contributed by atoms with Crippen molar-refractivity contribution < 1.29 is 42.1 Å². The fourth-order valence-electron chi connectivity index (χ4n) is 7.75. The lowest BCUT2D eigenvalue weighted by atomic mass is 10.1. The number of unbranched alkanes of at least 4 members (excludes halogenated alkanes) is 15. The van der Waals surface area contributed by atoms with Crippen molar-refractivity contribution in [3.05, 3.63) is 158 Å². The number of quaternary nitrogens is 1. The first-order chi connectivity index (χ1) is 39.0. The standard InChI is InChI=1S/C70H114NO8P/c1-6-8-10-12-14-16-18-20-22-24-26-27-28-29-30-31-32-33-34-35-36-37-38-39-40-41-42-43-45-47-49-51-53-55-57-59-61-63-70(73)79-68(67-78-80(74,75)77-65-64-71(3,4)5)66-76-69(72)62-60-58-56-54-52-50-48-46-44-25-23-21-19-17-15-13-11-9-7-2/h8,10,14-17,20-23,26-27,29-30,32-33,35-36,38-39,41-42,45,47,51,53,68H,6-7,9,11-13,18-19,24-25,28,31,34,37,40,43-44,46,48-50,52,54-67H2,1-5H3/p+1/b10-8-,16-14-,17-15-,22-20-,23-21-,27-26-,30-29-,33-32-,36-35-,39-38-,42-41-,47-45-,53-51-. The highest BCUT2D eigenvalue weighted by atomic mass is 31.2. The summed E-state index contributed by atoms with van der Waals surface area (Å²) in [7, 11) is 1.43. The van der Waals surface area contributed by atoms with Gasteiger partial charge in [0.1, 0.15) is 19.8 Å². The lowest BCUT2D eigenvalue weighted by Gasteiger charge is -2.24. The maximum absolute atomic E-state index is 12.8. The molecule has 0 aliphatic carbocycles. The van der Waals surface area contributed by atoms with E-state index in [4.69, 9.17) is 18.5 Å². The molecule has 0 aromatic heterocycles. The molecule has 0 spiro atoms. The summed E-state index contributed by atoms with van der Waals surface area (Å²) in [4.78, 5) is 35.7. The van der Waals surface area contributed by atoms with E-state index in [0.29, 0.717) is 17.4 Å². The van der Waals surface area contributed by atoms with Crippen molar-refractivity contribution in [2.75, 3.05) is 47.5 Å². The van der Waals surface area contributed by atoms with Crippen molar-refractivity contribution in [2.45, 2.75) is 225 Å². The van der Waals surface area contributed by atoms with Gasteiger partial charge >= 0.3 is 19.8 Å². The van der Waals surface area contributed by atoms with Crippen molar-refractivity contribution in [3.63, 3.8) is 0 Å². The second-order valence-corrected chi connectivity index (χ2v) is 22.8. The Bertz CT molecular complexity index is 1900. The second kappa shape index (κ2) is 59.3. The van der Waals surface area contributed by atoms with Crippen LogP contribution in [0.2, 0.25) is 0 Å². The summed E-state index contributed by atoms with van der Waals surface area (Å²) in [5.74, 6) is -0.852. The first kappa shape index (κ1) is 75.6. The van der Waals surface area contributed by atoms with Crippen LogP contribution in [0.4, 0.5) is 0 Å². The van der Waals surface area contributed by atoms with Gasteiger partial charge in [0.05, 0.1) is 27.7 Å². The number of hydrogen-bond donors (Lipinski definition) is 1. The number of phosphoric acid groups is 1. The van der Waals surface area contributed by atoms with Crippen LogP contribution in [0.3, 0.4) is 0 Å². The van der Waals surface area contributed by atoms with Crippen LogP contribution in [-0.2, 0) is 32.7 Å². The summed E-state index contributed by atoms with van der Waals surface area (Å²) in [5.41, 5.74) is 0. The third kappa shape index (κ3) is 62.8. The van der Waals surface area contributed by atoms with Crippen LogP contribution in [0.25, 0.3) is 0 Å². The van der Waals surface area contributed by atoms with E-state index in [1.54, 1.807) is 0 Å². The molecule has 0 aliphatic heterocycles. The highest BCUT2D eigenvalue weighted by Crippen LogP contribution is 2.43. The normalized spacial score (nSPS) is 14.3. The third-order valence-electron chi connectivity index (χ3n) is 12.5. The number of carbonyl (C=O) groups excluding carboxylic acids is 2. The second-order valence-electron chi connectivity index (χ2n) is 21.4. The number of phosphoric ester groups is 1. The van der Waals surface area contributed by atoms with Gasteiger partial charge in [0.15, 0.2) is 6.10 Å². The number of rotatable bonds is 55. The van der Waals surface area contributed by atoms with Crippen LogP contribution in [0.5, 0.6) is 0 Å². The molecule has 0 aromatic carbocycles. The van der Waals surface area contributed by atoms with Gasteiger partial charge in [0, 0.05) is 12.8 Å². The van der Waals surface area contributed by atoms with E-state index in [2.05, 4.69) is 172 Å². The Kier molecular flexibility index (Phi) is 56.0. The van der Waals surface area contributed by atoms with Crippen LogP contribution in [0.15, 0.2) is 158 Å².